The molecule has 0 atom stereocenters. The number of pyridine rings is 1. The number of hydrogen-bond donors (Lipinski definition) is 1. The summed E-state index contributed by atoms with van der Waals surface area (Å²) in [7, 11) is 1.58. The summed E-state index contributed by atoms with van der Waals surface area (Å²) >= 11 is 0. The molecule has 0 bridgehead atoms. The van der Waals surface area contributed by atoms with Gasteiger partial charge >= 0.3 is 0 Å². The molecule has 0 spiro atoms. The van der Waals surface area contributed by atoms with Crippen LogP contribution in [0.3, 0.4) is 0 Å². The van der Waals surface area contributed by atoms with Crippen LogP contribution in [0, 0.1) is 0 Å². The highest BCUT2D eigenvalue weighted by atomic mass is 16.5. The minimum atomic E-state index is -0.466. The molecule has 2 N–H and O–H groups in total. The van der Waals surface area contributed by atoms with Crippen LogP contribution in [0.5, 0.6) is 5.88 Å². The first-order valence-electron chi connectivity index (χ1n) is 7.30. The molecule has 0 unspecified atom stereocenters. The topological polar surface area (TPSA) is 97.5 Å². The number of amides is 1. The third-order valence-corrected chi connectivity index (χ3v) is 3.79. The molecule has 120 valence electrons. The van der Waals surface area contributed by atoms with Crippen molar-refractivity contribution in [3.63, 3.8) is 0 Å². The zero-order chi connectivity index (χ0) is 16.2. The fourth-order valence-electron chi connectivity index (χ4n) is 2.60. The van der Waals surface area contributed by atoms with Crippen LogP contribution in [-0.4, -0.2) is 54.1 Å². The lowest BCUT2D eigenvalue weighted by Crippen LogP contribution is -2.47. The second-order valence-electron chi connectivity index (χ2n) is 5.13. The van der Waals surface area contributed by atoms with E-state index in [1.807, 2.05) is 6.07 Å². The summed E-state index contributed by atoms with van der Waals surface area (Å²) in [6.07, 6.45) is 4.86. The summed E-state index contributed by atoms with van der Waals surface area (Å²) in [4.78, 5) is 28.3. The predicted molar refractivity (Wildman–Crippen MR) is 85.8 cm³/mol. The smallest absolute Gasteiger partial charge is 0.252 e. The van der Waals surface area contributed by atoms with Gasteiger partial charge in [-0.2, -0.15) is 4.98 Å². The van der Waals surface area contributed by atoms with Gasteiger partial charge in [0.1, 0.15) is 0 Å². The van der Waals surface area contributed by atoms with Crippen molar-refractivity contribution in [2.75, 3.05) is 43.1 Å². The van der Waals surface area contributed by atoms with Gasteiger partial charge in [0.2, 0.25) is 11.8 Å². The van der Waals surface area contributed by atoms with Crippen molar-refractivity contribution in [1.29, 1.82) is 0 Å². The van der Waals surface area contributed by atoms with Crippen LogP contribution in [0.1, 0.15) is 10.4 Å². The van der Waals surface area contributed by atoms with Crippen LogP contribution in [-0.2, 0) is 0 Å². The summed E-state index contributed by atoms with van der Waals surface area (Å²) in [6.45, 7) is 2.97. The molecule has 8 nitrogen and oxygen atoms in total. The van der Waals surface area contributed by atoms with Gasteiger partial charge in [0.25, 0.3) is 5.91 Å². The third-order valence-electron chi connectivity index (χ3n) is 3.79. The number of piperazine rings is 1. The van der Waals surface area contributed by atoms with Crippen molar-refractivity contribution in [3.05, 3.63) is 36.3 Å². The molecule has 1 aliphatic rings. The number of carbonyl (C=O) groups is 1. The Balaban J connectivity index is 1.72. The van der Waals surface area contributed by atoms with Gasteiger partial charge in [0, 0.05) is 50.8 Å². The number of nitrogens with two attached hydrogens (primary N) is 1. The molecular weight excluding hydrogens is 296 g/mol. The summed E-state index contributed by atoms with van der Waals surface area (Å²) in [5, 5.41) is 0. The maximum absolute atomic E-state index is 11.5. The highest BCUT2D eigenvalue weighted by Crippen LogP contribution is 2.22. The normalized spacial score (nSPS) is 14.7. The van der Waals surface area contributed by atoms with Crippen molar-refractivity contribution >= 4 is 17.5 Å². The monoisotopic (exact) mass is 314 g/mol. The van der Waals surface area contributed by atoms with E-state index in [1.165, 1.54) is 6.20 Å². The average molecular weight is 314 g/mol. The van der Waals surface area contributed by atoms with E-state index >= 15 is 0 Å². The van der Waals surface area contributed by atoms with E-state index in [2.05, 4.69) is 24.8 Å². The number of ether oxygens (including phenoxy) is 1. The van der Waals surface area contributed by atoms with E-state index < -0.39 is 5.91 Å². The molecule has 0 saturated carbocycles. The molecule has 0 aliphatic carbocycles. The lowest BCUT2D eigenvalue weighted by Gasteiger charge is -2.36. The van der Waals surface area contributed by atoms with Crippen molar-refractivity contribution in [1.82, 2.24) is 15.0 Å². The SMILES string of the molecule is COc1ccnc(N2CCN(c3ccncc3C(N)=O)CC2)n1. The quantitative estimate of drug-likeness (QED) is 0.867. The Morgan fingerprint density at radius 2 is 1.91 bits per heavy atom. The Morgan fingerprint density at radius 1 is 1.17 bits per heavy atom. The minimum Gasteiger partial charge on any atom is -0.481 e. The largest absolute Gasteiger partial charge is 0.481 e. The summed E-state index contributed by atoms with van der Waals surface area (Å²) < 4.78 is 5.13. The molecule has 0 aromatic carbocycles. The van der Waals surface area contributed by atoms with Gasteiger partial charge in [-0.05, 0) is 6.07 Å². The molecule has 2 aromatic rings. The Kier molecular flexibility index (Phi) is 4.22. The van der Waals surface area contributed by atoms with E-state index in [0.717, 1.165) is 31.9 Å². The van der Waals surface area contributed by atoms with Crippen molar-refractivity contribution in [2.24, 2.45) is 5.73 Å². The molecule has 0 radical (unpaired) electrons. The number of aromatic nitrogens is 3. The summed E-state index contributed by atoms with van der Waals surface area (Å²) in [5.74, 6) is 0.725. The number of carbonyl (C=O) groups excluding carboxylic acids is 1. The average Bonchev–Trinajstić information content (AvgIpc) is 2.62. The second-order valence-corrected chi connectivity index (χ2v) is 5.13. The van der Waals surface area contributed by atoms with E-state index in [1.54, 1.807) is 25.6 Å². The zero-order valence-corrected chi connectivity index (χ0v) is 12.8. The molecule has 3 rings (SSSR count). The Hall–Kier alpha value is -2.90. The van der Waals surface area contributed by atoms with Crippen LogP contribution >= 0.6 is 0 Å². The molecule has 1 aliphatic heterocycles. The third kappa shape index (κ3) is 3.15. The number of primary amides is 1. The van der Waals surface area contributed by atoms with Crippen molar-refractivity contribution in [3.8, 4) is 5.88 Å². The van der Waals surface area contributed by atoms with Gasteiger partial charge in [-0.25, -0.2) is 4.98 Å². The maximum Gasteiger partial charge on any atom is 0.252 e. The standard InChI is InChI=1S/C15H18N6O2/c1-23-13-3-5-18-15(19-13)21-8-6-20(7-9-21)12-2-4-17-10-11(12)14(16)22/h2-5,10H,6-9H2,1H3,(H2,16,22). The highest BCUT2D eigenvalue weighted by molar-refractivity contribution is 5.98. The van der Waals surface area contributed by atoms with Crippen LogP contribution in [0.4, 0.5) is 11.6 Å². The maximum atomic E-state index is 11.5. The zero-order valence-electron chi connectivity index (χ0n) is 12.8. The van der Waals surface area contributed by atoms with Crippen LogP contribution in [0.2, 0.25) is 0 Å². The number of nitrogens with zero attached hydrogens (tertiary/aromatic N) is 5. The molecular formula is C15H18N6O2. The first-order chi connectivity index (χ1) is 11.2. The first kappa shape index (κ1) is 15.0. The number of rotatable bonds is 4. The molecule has 1 saturated heterocycles. The molecule has 1 amide bonds. The molecule has 1 fully saturated rings. The van der Waals surface area contributed by atoms with E-state index in [0.29, 0.717) is 17.4 Å². The minimum absolute atomic E-state index is 0.443. The fourth-order valence-corrected chi connectivity index (χ4v) is 2.60. The van der Waals surface area contributed by atoms with E-state index in [9.17, 15) is 4.79 Å². The highest BCUT2D eigenvalue weighted by Gasteiger charge is 2.22. The van der Waals surface area contributed by atoms with Gasteiger partial charge in [-0.1, -0.05) is 0 Å². The molecule has 3 heterocycles. The second kappa shape index (κ2) is 6.47. The van der Waals surface area contributed by atoms with E-state index in [4.69, 9.17) is 10.5 Å². The predicted octanol–water partition coefficient (Wildman–Crippen LogP) is 0.306. The summed E-state index contributed by atoms with van der Waals surface area (Å²) in [6, 6.07) is 3.54. The van der Waals surface area contributed by atoms with Gasteiger partial charge in [0.05, 0.1) is 18.4 Å². The number of methoxy groups -OCH3 is 1. The van der Waals surface area contributed by atoms with Gasteiger partial charge < -0.3 is 20.3 Å². The Bertz CT molecular complexity index is 700. The van der Waals surface area contributed by atoms with Crippen LogP contribution in [0.15, 0.2) is 30.7 Å². The summed E-state index contributed by atoms with van der Waals surface area (Å²) in [5.41, 5.74) is 6.68. The van der Waals surface area contributed by atoms with Crippen LogP contribution < -0.4 is 20.3 Å². The van der Waals surface area contributed by atoms with Gasteiger partial charge in [-0.15, -0.1) is 0 Å². The fraction of sp³-hybridized carbons (Fsp3) is 0.333. The Labute approximate surface area is 133 Å². The van der Waals surface area contributed by atoms with Gasteiger partial charge in [-0.3, -0.25) is 9.78 Å². The van der Waals surface area contributed by atoms with Crippen molar-refractivity contribution in [2.45, 2.75) is 0 Å². The molecule has 8 heteroatoms. The lowest BCUT2D eigenvalue weighted by atomic mass is 10.2. The van der Waals surface area contributed by atoms with E-state index in [-0.39, 0.29) is 0 Å². The molecule has 2 aromatic heterocycles. The van der Waals surface area contributed by atoms with Crippen molar-refractivity contribution < 1.29 is 9.53 Å². The Morgan fingerprint density at radius 3 is 2.61 bits per heavy atom. The van der Waals surface area contributed by atoms with Gasteiger partial charge in [0.15, 0.2) is 0 Å². The first-order valence-corrected chi connectivity index (χ1v) is 7.30. The number of hydrogen-bond acceptors (Lipinski definition) is 7. The van der Waals surface area contributed by atoms with Crippen LogP contribution in [0.25, 0.3) is 0 Å². The number of anilines is 2. The lowest BCUT2D eigenvalue weighted by molar-refractivity contribution is 0.100. The molecule has 23 heavy (non-hydrogen) atoms.